The number of hydrogen-bond acceptors (Lipinski definition) is 6. The summed E-state index contributed by atoms with van der Waals surface area (Å²) in [5.41, 5.74) is 2.26. The second kappa shape index (κ2) is 5.58. The minimum atomic E-state index is -0.441. The van der Waals surface area contributed by atoms with E-state index in [1.54, 1.807) is 23.1 Å². The van der Waals surface area contributed by atoms with Crippen molar-refractivity contribution in [1.29, 1.82) is 0 Å². The normalized spacial score (nSPS) is 11.0. The number of benzene rings is 2. The molecule has 2 heterocycles. The zero-order chi connectivity index (χ0) is 16.5. The highest BCUT2D eigenvalue weighted by Crippen LogP contribution is 2.19. The molecule has 0 atom stereocenters. The summed E-state index contributed by atoms with van der Waals surface area (Å²) in [7, 11) is 0. The molecular weight excluding hydrogens is 310 g/mol. The molecule has 0 radical (unpaired) electrons. The number of nitrogens with zero attached hydrogens (tertiary/aromatic N) is 5. The molecule has 0 aliphatic carbocycles. The standard InChI is InChI=1S/C16H11N5O3/c22-21(23)12-7-5-11(6-8-12)16-17-10-20(19-16)9-15-18-13-3-1-2-4-14(13)24-15/h1-8,10H,9H2. The lowest BCUT2D eigenvalue weighted by Crippen LogP contribution is -2.00. The monoisotopic (exact) mass is 321 g/mol. The van der Waals surface area contributed by atoms with Gasteiger partial charge in [-0.15, -0.1) is 0 Å². The van der Waals surface area contributed by atoms with Gasteiger partial charge >= 0.3 is 0 Å². The predicted octanol–water partition coefficient (Wildman–Crippen LogP) is 3.04. The Balaban J connectivity index is 1.56. The smallest absolute Gasteiger partial charge is 0.269 e. The largest absolute Gasteiger partial charge is 0.439 e. The van der Waals surface area contributed by atoms with Crippen LogP contribution in [0.25, 0.3) is 22.5 Å². The summed E-state index contributed by atoms with van der Waals surface area (Å²) < 4.78 is 7.27. The Bertz CT molecular complexity index is 987. The second-order valence-corrected chi connectivity index (χ2v) is 5.15. The lowest BCUT2D eigenvalue weighted by molar-refractivity contribution is -0.384. The minimum Gasteiger partial charge on any atom is -0.439 e. The van der Waals surface area contributed by atoms with Crippen molar-refractivity contribution in [1.82, 2.24) is 19.7 Å². The Labute approximate surface area is 135 Å². The first-order chi connectivity index (χ1) is 11.7. The number of hydrogen-bond donors (Lipinski definition) is 0. The molecule has 0 amide bonds. The number of nitro groups is 1. The molecule has 0 aliphatic heterocycles. The minimum absolute atomic E-state index is 0.0321. The molecule has 4 rings (SSSR count). The van der Waals surface area contributed by atoms with E-state index >= 15 is 0 Å². The summed E-state index contributed by atoms with van der Waals surface area (Å²) in [6, 6.07) is 13.6. The predicted molar refractivity (Wildman–Crippen MR) is 85.2 cm³/mol. The van der Waals surface area contributed by atoms with Crippen molar-refractivity contribution in [3.05, 3.63) is 70.9 Å². The van der Waals surface area contributed by atoms with Crippen LogP contribution in [0.5, 0.6) is 0 Å². The molecule has 4 aromatic rings. The first-order valence-electron chi connectivity index (χ1n) is 7.18. The summed E-state index contributed by atoms with van der Waals surface area (Å²) in [6.45, 7) is 0.356. The average molecular weight is 321 g/mol. The summed E-state index contributed by atoms with van der Waals surface area (Å²) >= 11 is 0. The third-order valence-corrected chi connectivity index (χ3v) is 3.51. The fourth-order valence-corrected chi connectivity index (χ4v) is 2.36. The Morgan fingerprint density at radius 1 is 1.12 bits per heavy atom. The van der Waals surface area contributed by atoms with Crippen LogP contribution in [0.3, 0.4) is 0 Å². The molecular formula is C16H11N5O3. The molecule has 118 valence electrons. The number of nitro benzene ring substituents is 1. The number of aromatic nitrogens is 4. The number of para-hydroxylation sites is 2. The Kier molecular flexibility index (Phi) is 3.27. The Morgan fingerprint density at radius 2 is 1.92 bits per heavy atom. The van der Waals surface area contributed by atoms with Gasteiger partial charge < -0.3 is 4.42 Å². The van der Waals surface area contributed by atoms with Crippen molar-refractivity contribution in [3.8, 4) is 11.4 Å². The molecule has 8 nitrogen and oxygen atoms in total. The highest BCUT2D eigenvalue weighted by molar-refractivity contribution is 5.72. The van der Waals surface area contributed by atoms with Gasteiger partial charge in [0.05, 0.1) is 4.92 Å². The first kappa shape index (κ1) is 14.1. The van der Waals surface area contributed by atoms with Crippen molar-refractivity contribution < 1.29 is 9.34 Å². The molecule has 0 fully saturated rings. The van der Waals surface area contributed by atoms with Crippen LogP contribution in [-0.4, -0.2) is 24.7 Å². The van der Waals surface area contributed by atoms with Gasteiger partial charge in [-0.3, -0.25) is 10.1 Å². The topological polar surface area (TPSA) is 99.9 Å². The molecule has 0 N–H and O–H groups in total. The fraction of sp³-hybridized carbons (Fsp3) is 0.0625. The van der Waals surface area contributed by atoms with Crippen molar-refractivity contribution in [2.24, 2.45) is 0 Å². The Hall–Kier alpha value is -3.55. The average Bonchev–Trinajstić information content (AvgIpc) is 3.21. The van der Waals surface area contributed by atoms with Crippen molar-refractivity contribution in [2.45, 2.75) is 6.54 Å². The van der Waals surface area contributed by atoms with Crippen molar-refractivity contribution in [3.63, 3.8) is 0 Å². The zero-order valence-corrected chi connectivity index (χ0v) is 12.4. The maximum atomic E-state index is 10.7. The van der Waals surface area contributed by atoms with Gasteiger partial charge in [0.25, 0.3) is 5.69 Å². The summed E-state index contributed by atoms with van der Waals surface area (Å²) in [5.74, 6) is 1.03. The van der Waals surface area contributed by atoms with Gasteiger partial charge in [0.1, 0.15) is 18.4 Å². The molecule has 0 saturated carbocycles. The van der Waals surface area contributed by atoms with Crippen LogP contribution in [-0.2, 0) is 6.54 Å². The molecule has 0 unspecified atom stereocenters. The van der Waals surface area contributed by atoms with E-state index in [4.69, 9.17) is 4.42 Å². The van der Waals surface area contributed by atoms with E-state index in [9.17, 15) is 10.1 Å². The second-order valence-electron chi connectivity index (χ2n) is 5.15. The third kappa shape index (κ3) is 2.60. The maximum Gasteiger partial charge on any atom is 0.269 e. The van der Waals surface area contributed by atoms with E-state index in [-0.39, 0.29) is 5.69 Å². The van der Waals surface area contributed by atoms with Crippen LogP contribution < -0.4 is 0 Å². The summed E-state index contributed by atoms with van der Waals surface area (Å²) in [4.78, 5) is 18.9. The number of non-ortho nitro benzene ring substituents is 1. The van der Waals surface area contributed by atoms with E-state index in [2.05, 4.69) is 15.1 Å². The molecule has 0 bridgehead atoms. The molecule has 0 aliphatic rings. The van der Waals surface area contributed by atoms with Crippen molar-refractivity contribution in [2.75, 3.05) is 0 Å². The van der Waals surface area contributed by atoms with Crippen molar-refractivity contribution >= 4 is 16.8 Å². The van der Waals surface area contributed by atoms with Gasteiger partial charge in [0.2, 0.25) is 5.89 Å². The molecule has 0 saturated heterocycles. The lowest BCUT2D eigenvalue weighted by atomic mass is 10.2. The van der Waals surface area contributed by atoms with Gasteiger partial charge in [-0.05, 0) is 24.3 Å². The van der Waals surface area contributed by atoms with Crippen LogP contribution >= 0.6 is 0 Å². The number of rotatable bonds is 4. The van der Waals surface area contributed by atoms with E-state index in [0.29, 0.717) is 23.8 Å². The van der Waals surface area contributed by atoms with E-state index in [1.807, 2.05) is 24.3 Å². The first-order valence-corrected chi connectivity index (χ1v) is 7.18. The van der Waals surface area contributed by atoms with Gasteiger partial charge in [0.15, 0.2) is 11.4 Å². The molecule has 0 spiro atoms. The van der Waals surface area contributed by atoms with Gasteiger partial charge in [-0.25, -0.2) is 14.6 Å². The van der Waals surface area contributed by atoms with Gasteiger partial charge in [-0.2, -0.15) is 5.10 Å². The maximum absolute atomic E-state index is 10.7. The van der Waals surface area contributed by atoms with Crippen LogP contribution in [0.1, 0.15) is 5.89 Å². The van der Waals surface area contributed by atoms with Crippen LogP contribution in [0.4, 0.5) is 5.69 Å². The summed E-state index contributed by atoms with van der Waals surface area (Å²) in [5, 5.41) is 15.0. The SMILES string of the molecule is O=[N+]([O-])c1ccc(-c2ncn(Cc3nc4ccccc4o3)n2)cc1. The third-order valence-electron chi connectivity index (χ3n) is 3.51. The van der Waals surface area contributed by atoms with Gasteiger partial charge in [0, 0.05) is 17.7 Å². The summed E-state index contributed by atoms with van der Waals surface area (Å²) in [6.07, 6.45) is 1.58. The zero-order valence-electron chi connectivity index (χ0n) is 12.4. The Morgan fingerprint density at radius 3 is 2.67 bits per heavy atom. The molecule has 2 aromatic carbocycles. The quantitative estimate of drug-likeness (QED) is 0.423. The number of oxazole rings is 1. The van der Waals surface area contributed by atoms with E-state index < -0.39 is 4.92 Å². The molecule has 8 heteroatoms. The molecule has 2 aromatic heterocycles. The van der Waals surface area contributed by atoms with E-state index in [0.717, 1.165) is 11.1 Å². The fourth-order valence-electron chi connectivity index (χ4n) is 2.36. The highest BCUT2D eigenvalue weighted by atomic mass is 16.6. The van der Waals surface area contributed by atoms with Crippen LogP contribution in [0, 0.1) is 10.1 Å². The molecule has 24 heavy (non-hydrogen) atoms. The lowest BCUT2D eigenvalue weighted by Gasteiger charge is -1.96. The van der Waals surface area contributed by atoms with Crippen LogP contribution in [0.15, 0.2) is 59.3 Å². The highest BCUT2D eigenvalue weighted by Gasteiger charge is 2.10. The number of fused-ring (bicyclic) bond motifs is 1. The van der Waals surface area contributed by atoms with Crippen LogP contribution in [0.2, 0.25) is 0 Å². The van der Waals surface area contributed by atoms with Gasteiger partial charge in [-0.1, -0.05) is 12.1 Å². The van der Waals surface area contributed by atoms with E-state index in [1.165, 1.54) is 12.1 Å².